The third kappa shape index (κ3) is 87.7. The minimum atomic E-state index is -5.42. The minimum absolute atomic E-state index is 0.240. The summed E-state index contributed by atoms with van der Waals surface area (Å²) in [7, 11) is -27.3. The Hall–Kier alpha value is -1.21. The highest BCUT2D eigenvalue weighted by Gasteiger charge is 2.18. The second kappa shape index (κ2) is 64.6. The summed E-state index contributed by atoms with van der Waals surface area (Å²) >= 11 is 0. The lowest BCUT2D eigenvalue weighted by Crippen LogP contribution is -2.12. The second-order valence-corrected chi connectivity index (χ2v) is 34.4. The van der Waals surface area contributed by atoms with Crippen LogP contribution < -0.4 is 29.4 Å². The standard InChI is InChI=1S/C50H84O7P2.C15H28O7P2.C5H12O7P2.FH3P2.H4P2/c1-41(2)21-12-22-42(3)23-13-24-43(4)25-14-26-44(5)27-15-28-45(6)29-16-30-46(7)31-17-32-47(8)33-18-34-48(9)35-19-36-49(10)37-20-38-50(11)39-40-56-59(54,55)57-58(51,52)53;1-13(2)7-5-8-14(3)9-6-10-15(4)11-12-21-24(19,20)22-23(16,17)18;1-5(2)3-4-11-14(9,10)12-13(6,7)8;1-3-2;1-2/h21,23,25,27,29,31,33,35,37,39H,12-20,22,24,26,28,30,32,34,36,38,40H2,1-11H3,(H,54,55)(H2,51,52,53);7,9,11H,5-6,8,10,12H2,1-4H3,(H,19,20)(H2,16,17,18);1,3-4H2,2H3,(H,9,10)(H2,6,7,8);3H,2H2;1-2H2/p-6/b42-23+,43-25+,44-27+,45-29+,46-31+,47-33+,48-35+,49-37+,50-39+;14-9+,15-11+;;;/i;;;;1D. The lowest BCUT2D eigenvalue weighted by molar-refractivity contribution is -0.243. The van der Waals surface area contributed by atoms with Crippen LogP contribution in [0.3, 0.4) is 0 Å². The fourth-order valence-electron chi connectivity index (χ4n) is 8.54. The number of hydrogen-bond acceptors (Lipinski definition) is 18. The maximum absolute atomic E-state index is 11.4. The van der Waals surface area contributed by atoms with E-state index in [0.29, 0.717) is 12.0 Å². The van der Waals surface area contributed by atoms with Gasteiger partial charge >= 0.3 is 0 Å². The molecule has 102 heavy (non-hydrogen) atoms. The van der Waals surface area contributed by atoms with E-state index in [0.717, 1.165) is 140 Å². The monoisotopic (exact) mass is 1630 g/mol. The summed E-state index contributed by atoms with van der Waals surface area (Å²) in [5.41, 5.74) is 18.1. The van der Waals surface area contributed by atoms with Gasteiger partial charge in [-0.15, -0.1) is 24.4 Å². The molecule has 0 heterocycles. The van der Waals surface area contributed by atoms with Crippen molar-refractivity contribution in [2.24, 2.45) is 0 Å². The molecule has 0 fully saturated rings. The molecular weight excluding hydrogens is 1510 g/mol. The average molecular weight is 1630 g/mol. The van der Waals surface area contributed by atoms with Gasteiger partial charge in [-0.05, 0) is 258 Å². The lowest BCUT2D eigenvalue weighted by Gasteiger charge is -2.27. The van der Waals surface area contributed by atoms with Gasteiger partial charge in [-0.2, -0.15) is 0 Å². The summed E-state index contributed by atoms with van der Waals surface area (Å²) in [6.07, 6.45) is 51.9. The number of allylic oxidation sites excluding steroid dienone is 24. The Morgan fingerprint density at radius 1 is 0.363 bits per heavy atom. The summed E-state index contributed by atoms with van der Waals surface area (Å²) in [4.78, 5) is 88.9. The first-order valence-corrected chi connectivity index (χ1v) is 47.6. The van der Waals surface area contributed by atoms with Crippen LogP contribution in [0, 0.1) is 0 Å². The van der Waals surface area contributed by atoms with Crippen LogP contribution >= 0.6 is 82.2 Å². The first-order valence-electron chi connectivity index (χ1n) is 34.2. The highest BCUT2D eigenvalue weighted by Crippen LogP contribution is 2.54. The number of phosphoric acid groups is 6. The lowest BCUT2D eigenvalue weighted by atomic mass is 10.0. The third-order valence-electron chi connectivity index (χ3n) is 14.2. The molecule has 10 atom stereocenters. The van der Waals surface area contributed by atoms with Crippen molar-refractivity contribution in [3.05, 3.63) is 164 Å². The summed E-state index contributed by atoms with van der Waals surface area (Å²) in [6, 6.07) is 0. The molecule has 0 rings (SSSR count). The van der Waals surface area contributed by atoms with Gasteiger partial charge in [0.1, 0.15) is 0 Å². The van der Waals surface area contributed by atoms with Crippen molar-refractivity contribution in [2.45, 2.75) is 258 Å². The fraction of sp³-hybridized carbons (Fsp3) is 0.600. The number of halogens is 1. The van der Waals surface area contributed by atoms with E-state index >= 15 is 0 Å². The molecule has 32 heteroatoms. The summed E-state index contributed by atoms with van der Waals surface area (Å²) in [5, 5.41) is 0. The predicted molar refractivity (Wildman–Crippen MR) is 423 cm³/mol. The zero-order valence-corrected chi connectivity index (χ0v) is 73.2. The molecule has 0 amide bonds. The van der Waals surface area contributed by atoms with Crippen LogP contribution in [0.25, 0.3) is 0 Å². The van der Waals surface area contributed by atoms with Gasteiger partial charge in [0.25, 0.3) is 46.9 Å². The highest BCUT2D eigenvalue weighted by molar-refractivity contribution is 8.00. The van der Waals surface area contributed by atoms with E-state index in [1.807, 2.05) is 22.8 Å². The summed E-state index contributed by atoms with van der Waals surface area (Å²) in [5.74, 6) is 0. The Morgan fingerprint density at radius 3 is 0.676 bits per heavy atom. The van der Waals surface area contributed by atoms with E-state index in [2.05, 4.69) is 199 Å². The van der Waals surface area contributed by atoms with Crippen molar-refractivity contribution in [3.8, 4) is 0 Å². The van der Waals surface area contributed by atoms with Gasteiger partial charge in [0.05, 0.1) is 29.7 Å². The van der Waals surface area contributed by atoms with Gasteiger partial charge in [0.2, 0.25) is 0 Å². The molecular formula is C70H125FO21P10-6. The van der Waals surface area contributed by atoms with Crippen LogP contribution in [0.1, 0.15) is 258 Å². The van der Waals surface area contributed by atoms with Crippen LogP contribution in [0.15, 0.2) is 164 Å². The molecule has 0 aliphatic rings. The van der Waals surface area contributed by atoms with Crippen LogP contribution in [-0.2, 0) is 53.9 Å². The third-order valence-corrected chi connectivity index (χ3v) is 20.5. The Morgan fingerprint density at radius 2 is 0.520 bits per heavy atom. The maximum Gasteiger partial charge on any atom is 0.274 e. The van der Waals surface area contributed by atoms with E-state index in [4.69, 9.17) is 16.0 Å². The van der Waals surface area contributed by atoms with Crippen molar-refractivity contribution in [3.63, 3.8) is 0 Å². The first kappa shape index (κ1) is 107. The summed E-state index contributed by atoms with van der Waals surface area (Å²) in [6.45, 7) is 36.3. The molecule has 0 radical (unpaired) electrons. The highest BCUT2D eigenvalue weighted by atomic mass is 32.0. The number of hydrogen-bond donors (Lipinski definition) is 3. The van der Waals surface area contributed by atoms with E-state index in [-0.39, 0.29) is 35.1 Å². The molecule has 0 aromatic rings. The molecule has 0 saturated heterocycles. The van der Waals surface area contributed by atoms with E-state index in [1.165, 1.54) is 73.8 Å². The quantitative estimate of drug-likeness (QED) is 0.0376. The average Bonchev–Trinajstić information content (AvgIpc) is 0.899. The van der Waals surface area contributed by atoms with Crippen LogP contribution in [0.5, 0.6) is 0 Å². The molecule has 0 saturated carbocycles. The van der Waals surface area contributed by atoms with Crippen molar-refractivity contribution >= 4 is 82.2 Å². The Balaban J connectivity index is -0.000000586. The largest absolute Gasteiger partial charge is 0.756 e. The number of rotatable bonds is 49. The maximum atomic E-state index is 11.4. The zero-order chi connectivity index (χ0) is 80.3. The van der Waals surface area contributed by atoms with Crippen LogP contribution in [-0.4, -0.2) is 35.8 Å². The van der Waals surface area contributed by atoms with Gasteiger partial charge in [-0.3, -0.25) is 27.4 Å². The summed E-state index contributed by atoms with van der Waals surface area (Å²) < 4.78 is 104. The molecule has 21 nitrogen and oxygen atoms in total. The van der Waals surface area contributed by atoms with E-state index in [1.54, 1.807) is 13.0 Å². The molecule has 0 spiro atoms. The molecule has 0 aromatic carbocycles. The zero-order valence-electron chi connectivity index (χ0n) is 64.5. The van der Waals surface area contributed by atoms with Crippen molar-refractivity contribution in [1.29, 1.82) is 1.28 Å². The second-order valence-electron chi connectivity index (χ2n) is 25.3. The normalized spacial score (nSPS) is 17.2. The number of phosphoric ester groups is 3. The molecule has 0 aliphatic heterocycles. The molecule has 594 valence electrons. The van der Waals surface area contributed by atoms with Crippen LogP contribution in [0.4, 0.5) is 4.20 Å². The van der Waals surface area contributed by atoms with Gasteiger partial charge in [-0.1, -0.05) is 166 Å². The molecule has 10 unspecified atom stereocenters. The van der Waals surface area contributed by atoms with Gasteiger partial charge in [0, 0.05) is 0 Å². The van der Waals surface area contributed by atoms with Gasteiger partial charge < -0.3 is 57.6 Å². The van der Waals surface area contributed by atoms with Gasteiger partial charge in [-0.25, -0.2) is 17.1 Å². The Bertz CT molecular complexity index is 3120. The first-order chi connectivity index (χ1) is 47.5. The molecule has 0 aromatic heterocycles. The van der Waals surface area contributed by atoms with E-state index < -0.39 is 55.5 Å². The fourth-order valence-corrected chi connectivity index (χ4v) is 13.0. The van der Waals surface area contributed by atoms with Crippen LogP contribution in [0.2, 0.25) is 0 Å². The van der Waals surface area contributed by atoms with Crippen molar-refractivity contribution < 1.29 is 102 Å². The molecule has 0 bridgehead atoms. The van der Waals surface area contributed by atoms with Crippen molar-refractivity contribution in [1.82, 2.24) is 0 Å². The molecule has 3 N–H and O–H groups in total. The van der Waals surface area contributed by atoms with Crippen molar-refractivity contribution in [2.75, 3.05) is 19.8 Å². The SMILES string of the molecule is C=C(C)CCOP(=O)([O-])OP(=O)([O-])O.CC(C)=CCC/C(C)=C/CC/C(C)=C/CC/C(C)=C/CC/C(C)=C/CC/C(C)=C/CC/C(C)=C/CC/C(C)=C/CC/C(C)=C/CC/C(C)=C/COP(=O)([O-])OP(=O)([O-])O.CC(C)=CCC/C(C)=C/CC/C(C)=C/COP(=O)([O-])OP(=O)([O-])O.FPP.[2H]PP. The molecule has 0 aliphatic carbocycles. The minimum Gasteiger partial charge on any atom is -0.756 e. The Labute approximate surface area is 624 Å². The smallest absolute Gasteiger partial charge is 0.274 e. The Kier molecular flexibility index (Phi) is 67.8. The topological polar surface area (TPSA) is 357 Å². The van der Waals surface area contributed by atoms with E-state index in [9.17, 15) is 60.9 Å². The van der Waals surface area contributed by atoms with Gasteiger partial charge in [0.15, 0.2) is 0 Å². The predicted octanol–water partition coefficient (Wildman–Crippen LogP) is 20.7.